The molecule has 0 aromatic heterocycles. The molecule has 0 N–H and O–H groups in total. The maximum Gasteiger partial charge on any atom is 0.123 e. The van der Waals surface area contributed by atoms with Crippen molar-refractivity contribution in [2.24, 2.45) is 0 Å². The lowest BCUT2D eigenvalue weighted by Gasteiger charge is -2.25. The molecular formula is C19H28O. The van der Waals surface area contributed by atoms with Crippen molar-refractivity contribution >= 4 is 0 Å². The lowest BCUT2D eigenvalue weighted by molar-refractivity contribution is 0.164. The average Bonchev–Trinajstić information content (AvgIpc) is 2.83. The van der Waals surface area contributed by atoms with E-state index in [0.29, 0.717) is 12.0 Å². The number of unbranched alkanes of at least 4 members (excludes halogenated alkanes) is 1. The van der Waals surface area contributed by atoms with Gasteiger partial charge in [0.1, 0.15) is 11.9 Å². The van der Waals surface area contributed by atoms with Crippen LogP contribution in [0.1, 0.15) is 82.8 Å². The van der Waals surface area contributed by atoms with Crippen molar-refractivity contribution in [1.29, 1.82) is 0 Å². The molecule has 1 heterocycles. The minimum absolute atomic E-state index is 0.266. The molecule has 2 unspecified atom stereocenters. The molecule has 0 spiro atoms. The smallest absolute Gasteiger partial charge is 0.123 e. The van der Waals surface area contributed by atoms with Gasteiger partial charge in [0, 0.05) is 11.5 Å². The van der Waals surface area contributed by atoms with Gasteiger partial charge in [-0.1, -0.05) is 52.2 Å². The van der Waals surface area contributed by atoms with E-state index in [-0.39, 0.29) is 5.41 Å². The Bertz CT molecular complexity index is 475. The molecule has 1 nitrogen and oxygen atoms in total. The molecule has 0 saturated heterocycles. The van der Waals surface area contributed by atoms with Crippen LogP contribution in [0.2, 0.25) is 0 Å². The normalized spacial score (nSPS) is 24.9. The van der Waals surface area contributed by atoms with Crippen LogP contribution in [-0.2, 0) is 5.41 Å². The number of ether oxygens (including phenoxy) is 1. The van der Waals surface area contributed by atoms with Crippen LogP contribution in [-0.4, -0.2) is 6.10 Å². The van der Waals surface area contributed by atoms with Crippen molar-refractivity contribution in [3.63, 3.8) is 0 Å². The predicted molar refractivity (Wildman–Crippen MR) is 84.6 cm³/mol. The summed E-state index contributed by atoms with van der Waals surface area (Å²) in [7, 11) is 0. The van der Waals surface area contributed by atoms with Crippen LogP contribution in [0.25, 0.3) is 0 Å². The van der Waals surface area contributed by atoms with Crippen LogP contribution in [0, 0.1) is 0 Å². The summed E-state index contributed by atoms with van der Waals surface area (Å²) in [5.74, 6) is 1.86. The van der Waals surface area contributed by atoms with Crippen LogP contribution >= 0.6 is 0 Å². The fourth-order valence-corrected chi connectivity index (χ4v) is 3.88. The highest BCUT2D eigenvalue weighted by atomic mass is 16.5. The summed E-state index contributed by atoms with van der Waals surface area (Å²) in [4.78, 5) is 0. The highest BCUT2D eigenvalue weighted by Crippen LogP contribution is 2.47. The maximum atomic E-state index is 6.25. The van der Waals surface area contributed by atoms with Crippen molar-refractivity contribution in [1.82, 2.24) is 0 Å². The van der Waals surface area contributed by atoms with Gasteiger partial charge in [-0.2, -0.15) is 0 Å². The fraction of sp³-hybridized carbons (Fsp3) is 0.684. The fourth-order valence-electron chi connectivity index (χ4n) is 3.88. The maximum absolute atomic E-state index is 6.25. The molecule has 2 atom stereocenters. The first-order valence-corrected chi connectivity index (χ1v) is 8.43. The SMILES string of the molecule is CCCCC(C)(C)c1ccc2c(c1)OC1CCCCC21. The topological polar surface area (TPSA) is 9.23 Å². The Morgan fingerprint density at radius 3 is 2.80 bits per heavy atom. The molecule has 0 bridgehead atoms. The first-order valence-electron chi connectivity index (χ1n) is 8.43. The van der Waals surface area contributed by atoms with E-state index in [2.05, 4.69) is 39.0 Å². The summed E-state index contributed by atoms with van der Waals surface area (Å²) in [6.45, 7) is 7.01. The van der Waals surface area contributed by atoms with Crippen molar-refractivity contribution in [3.8, 4) is 5.75 Å². The summed E-state index contributed by atoms with van der Waals surface area (Å²) in [5, 5.41) is 0. The molecule has 0 amide bonds. The van der Waals surface area contributed by atoms with Crippen molar-refractivity contribution in [2.75, 3.05) is 0 Å². The van der Waals surface area contributed by atoms with E-state index in [1.807, 2.05) is 0 Å². The Hall–Kier alpha value is -0.980. The van der Waals surface area contributed by atoms with E-state index >= 15 is 0 Å². The van der Waals surface area contributed by atoms with Crippen LogP contribution in [0.3, 0.4) is 0 Å². The van der Waals surface area contributed by atoms with Crippen LogP contribution in [0.4, 0.5) is 0 Å². The van der Waals surface area contributed by atoms with Gasteiger partial charge in [-0.3, -0.25) is 0 Å². The summed E-state index contributed by atoms with van der Waals surface area (Å²) >= 11 is 0. The predicted octanol–water partition coefficient (Wildman–Crippen LogP) is 5.57. The van der Waals surface area contributed by atoms with E-state index in [1.165, 1.54) is 61.8 Å². The Labute approximate surface area is 123 Å². The van der Waals surface area contributed by atoms with Crippen molar-refractivity contribution in [3.05, 3.63) is 29.3 Å². The molecule has 1 aliphatic carbocycles. The van der Waals surface area contributed by atoms with Gasteiger partial charge < -0.3 is 4.74 Å². The number of hydrogen-bond donors (Lipinski definition) is 0. The molecule has 1 saturated carbocycles. The zero-order valence-electron chi connectivity index (χ0n) is 13.2. The second-order valence-electron chi connectivity index (χ2n) is 7.29. The van der Waals surface area contributed by atoms with Gasteiger partial charge >= 0.3 is 0 Å². The van der Waals surface area contributed by atoms with Gasteiger partial charge in [-0.25, -0.2) is 0 Å². The van der Waals surface area contributed by atoms with E-state index < -0.39 is 0 Å². The molecule has 2 aliphatic rings. The summed E-state index contributed by atoms with van der Waals surface area (Å²) in [6, 6.07) is 7.05. The number of fused-ring (bicyclic) bond motifs is 3. The first-order chi connectivity index (χ1) is 9.62. The second-order valence-corrected chi connectivity index (χ2v) is 7.29. The van der Waals surface area contributed by atoms with Crippen molar-refractivity contribution in [2.45, 2.75) is 83.2 Å². The Morgan fingerprint density at radius 2 is 2.00 bits per heavy atom. The lowest BCUT2D eigenvalue weighted by Crippen LogP contribution is -2.22. The molecular weight excluding hydrogens is 244 g/mol. The van der Waals surface area contributed by atoms with Gasteiger partial charge in [0.2, 0.25) is 0 Å². The molecule has 1 aliphatic heterocycles. The molecule has 1 fully saturated rings. The summed E-state index contributed by atoms with van der Waals surface area (Å²) in [6.07, 6.45) is 9.56. The Morgan fingerprint density at radius 1 is 1.20 bits per heavy atom. The molecule has 1 aromatic rings. The quantitative estimate of drug-likeness (QED) is 0.696. The molecule has 3 rings (SSSR count). The molecule has 1 aromatic carbocycles. The van der Waals surface area contributed by atoms with E-state index in [0.717, 1.165) is 0 Å². The average molecular weight is 272 g/mol. The standard InChI is InChI=1S/C19H28O/c1-4-5-12-19(2,3)14-10-11-16-15-8-6-7-9-17(15)20-18(16)13-14/h10-11,13,15,17H,4-9,12H2,1-3H3. The third-order valence-corrected chi connectivity index (χ3v) is 5.33. The first kappa shape index (κ1) is 14.0. The van der Waals surface area contributed by atoms with Crippen LogP contribution in [0.15, 0.2) is 18.2 Å². The van der Waals surface area contributed by atoms with Gasteiger partial charge in [-0.05, 0) is 42.7 Å². The number of rotatable bonds is 4. The Balaban J connectivity index is 1.84. The summed E-state index contributed by atoms with van der Waals surface area (Å²) < 4.78 is 6.25. The second kappa shape index (κ2) is 5.42. The van der Waals surface area contributed by atoms with Crippen molar-refractivity contribution < 1.29 is 4.74 Å². The third-order valence-electron chi connectivity index (χ3n) is 5.33. The highest BCUT2D eigenvalue weighted by molar-refractivity contribution is 5.46. The largest absolute Gasteiger partial charge is 0.489 e. The summed E-state index contributed by atoms with van der Waals surface area (Å²) in [5.41, 5.74) is 3.19. The van der Waals surface area contributed by atoms with Gasteiger partial charge in [0.05, 0.1) is 0 Å². The number of hydrogen-bond acceptors (Lipinski definition) is 1. The zero-order chi connectivity index (χ0) is 14.2. The highest BCUT2D eigenvalue weighted by Gasteiger charge is 2.36. The molecule has 1 heteroatoms. The van der Waals surface area contributed by atoms with Gasteiger partial charge in [-0.15, -0.1) is 0 Å². The van der Waals surface area contributed by atoms with Gasteiger partial charge in [0.15, 0.2) is 0 Å². The van der Waals surface area contributed by atoms with Crippen LogP contribution < -0.4 is 4.74 Å². The van der Waals surface area contributed by atoms with E-state index in [4.69, 9.17) is 4.74 Å². The molecule has 110 valence electrons. The monoisotopic (exact) mass is 272 g/mol. The zero-order valence-corrected chi connectivity index (χ0v) is 13.2. The lowest BCUT2D eigenvalue weighted by atomic mass is 9.78. The third kappa shape index (κ3) is 2.47. The van der Waals surface area contributed by atoms with Crippen LogP contribution in [0.5, 0.6) is 5.75 Å². The van der Waals surface area contributed by atoms with E-state index in [9.17, 15) is 0 Å². The molecule has 0 radical (unpaired) electrons. The minimum atomic E-state index is 0.266. The Kier molecular flexibility index (Phi) is 3.79. The minimum Gasteiger partial charge on any atom is -0.489 e. The number of benzene rings is 1. The van der Waals surface area contributed by atoms with E-state index in [1.54, 1.807) is 0 Å². The van der Waals surface area contributed by atoms with Gasteiger partial charge in [0.25, 0.3) is 0 Å². The molecule has 20 heavy (non-hydrogen) atoms.